The van der Waals surface area contributed by atoms with Crippen molar-refractivity contribution in [3.05, 3.63) is 28.8 Å². The first kappa shape index (κ1) is 21.2. The molecule has 5 nitrogen and oxygen atoms in total. The molecule has 26 heavy (non-hydrogen) atoms. The molecule has 146 valence electrons. The Bertz CT molecular complexity index is 726. The van der Waals surface area contributed by atoms with Gasteiger partial charge < -0.3 is 4.90 Å². The van der Waals surface area contributed by atoms with E-state index in [0.717, 1.165) is 12.8 Å². The van der Waals surface area contributed by atoms with E-state index in [-0.39, 0.29) is 15.8 Å². The monoisotopic (exact) mass is 400 g/mol. The normalized spacial score (nSPS) is 16.0. The molecule has 0 unspecified atom stereocenters. The first-order chi connectivity index (χ1) is 12.3. The molecule has 0 spiro atoms. The highest BCUT2D eigenvalue weighted by molar-refractivity contribution is 7.89. The van der Waals surface area contributed by atoms with Crippen molar-refractivity contribution in [3.8, 4) is 0 Å². The van der Waals surface area contributed by atoms with E-state index in [1.165, 1.54) is 35.7 Å². The van der Waals surface area contributed by atoms with Gasteiger partial charge in [0.25, 0.3) is 5.91 Å². The van der Waals surface area contributed by atoms with Gasteiger partial charge in [-0.05, 0) is 37.0 Å². The number of halogens is 1. The summed E-state index contributed by atoms with van der Waals surface area (Å²) in [6.45, 7) is 4.98. The fraction of sp³-hybridized carbons (Fsp3) is 0.632. The van der Waals surface area contributed by atoms with Crippen molar-refractivity contribution in [2.45, 2.75) is 50.8 Å². The number of hydrogen-bond acceptors (Lipinski definition) is 3. The lowest BCUT2D eigenvalue weighted by molar-refractivity contribution is 0.0760. The minimum atomic E-state index is -3.71. The Hall–Kier alpha value is -1.11. The van der Waals surface area contributed by atoms with Crippen molar-refractivity contribution in [2.75, 3.05) is 26.7 Å². The molecule has 1 aliphatic rings. The number of rotatable bonds is 7. The van der Waals surface area contributed by atoms with Gasteiger partial charge in [0.1, 0.15) is 4.90 Å². The van der Waals surface area contributed by atoms with E-state index in [2.05, 4.69) is 0 Å². The fourth-order valence-electron chi connectivity index (χ4n) is 3.60. The topological polar surface area (TPSA) is 57.7 Å². The highest BCUT2D eigenvalue weighted by atomic mass is 35.5. The standard InChI is InChI=1S/C19H29ClN2O3S/c1-4-22(5-2)26(24,25)18-13-16(11-12-17(18)20)19(23)21(3)14-15-9-7-6-8-10-15/h11-13,15H,4-10,14H2,1-3H3. The summed E-state index contributed by atoms with van der Waals surface area (Å²) in [5, 5.41) is 0.142. The van der Waals surface area contributed by atoms with Crippen molar-refractivity contribution in [3.63, 3.8) is 0 Å². The number of carbonyl (C=O) groups is 1. The van der Waals surface area contributed by atoms with Gasteiger partial charge in [-0.15, -0.1) is 0 Å². The summed E-state index contributed by atoms with van der Waals surface area (Å²) in [6, 6.07) is 4.51. The Morgan fingerprint density at radius 1 is 1.15 bits per heavy atom. The third-order valence-corrected chi connectivity index (χ3v) is 7.64. The maximum Gasteiger partial charge on any atom is 0.253 e. The molecule has 1 aromatic carbocycles. The van der Waals surface area contributed by atoms with Crippen LogP contribution in [0.3, 0.4) is 0 Å². The van der Waals surface area contributed by atoms with Gasteiger partial charge in [0.15, 0.2) is 0 Å². The molecule has 7 heteroatoms. The molecule has 0 bridgehead atoms. The van der Waals surface area contributed by atoms with Crippen LogP contribution in [0, 0.1) is 5.92 Å². The molecule has 0 heterocycles. The summed E-state index contributed by atoms with van der Waals surface area (Å²) in [6.07, 6.45) is 6.03. The summed E-state index contributed by atoms with van der Waals surface area (Å²) < 4.78 is 26.9. The summed E-state index contributed by atoms with van der Waals surface area (Å²) >= 11 is 6.15. The molecule has 1 fully saturated rings. The van der Waals surface area contributed by atoms with Gasteiger partial charge in [-0.25, -0.2) is 8.42 Å². The lowest BCUT2D eigenvalue weighted by atomic mass is 9.89. The summed E-state index contributed by atoms with van der Waals surface area (Å²) in [7, 11) is -1.93. The van der Waals surface area contributed by atoms with Gasteiger partial charge in [-0.2, -0.15) is 4.31 Å². The largest absolute Gasteiger partial charge is 0.341 e. The Balaban J connectivity index is 2.23. The molecule has 1 aliphatic carbocycles. The second kappa shape index (κ2) is 9.20. The zero-order valence-electron chi connectivity index (χ0n) is 15.9. The molecular formula is C19H29ClN2O3S. The average molecular weight is 401 g/mol. The zero-order valence-corrected chi connectivity index (χ0v) is 17.4. The van der Waals surface area contributed by atoms with Gasteiger partial charge in [0.05, 0.1) is 5.02 Å². The van der Waals surface area contributed by atoms with Gasteiger partial charge in [-0.3, -0.25) is 4.79 Å². The SMILES string of the molecule is CCN(CC)S(=O)(=O)c1cc(C(=O)N(C)CC2CCCCC2)ccc1Cl. The van der Waals surface area contributed by atoms with Gasteiger partial charge in [0.2, 0.25) is 10.0 Å². The number of benzene rings is 1. The van der Waals surface area contributed by atoms with E-state index in [1.54, 1.807) is 31.9 Å². The highest BCUT2D eigenvalue weighted by Gasteiger charge is 2.26. The molecule has 0 radical (unpaired) electrons. The van der Waals surface area contributed by atoms with Crippen LogP contribution in [-0.2, 0) is 10.0 Å². The summed E-state index contributed by atoms with van der Waals surface area (Å²) in [4.78, 5) is 14.5. The predicted molar refractivity (Wildman–Crippen MR) is 105 cm³/mol. The second-order valence-electron chi connectivity index (χ2n) is 6.92. The molecule has 0 atom stereocenters. The lowest BCUT2D eigenvalue weighted by Crippen LogP contribution is -2.33. The fourth-order valence-corrected chi connectivity index (χ4v) is 5.56. The Labute approximate surface area is 162 Å². The Morgan fingerprint density at radius 3 is 2.35 bits per heavy atom. The molecule has 0 aliphatic heterocycles. The highest BCUT2D eigenvalue weighted by Crippen LogP contribution is 2.27. The lowest BCUT2D eigenvalue weighted by Gasteiger charge is -2.27. The predicted octanol–water partition coefficient (Wildman–Crippen LogP) is 4.02. The van der Waals surface area contributed by atoms with Crippen molar-refractivity contribution in [1.29, 1.82) is 0 Å². The van der Waals surface area contributed by atoms with Crippen molar-refractivity contribution >= 4 is 27.5 Å². The second-order valence-corrected chi connectivity index (χ2v) is 9.24. The molecule has 1 aromatic rings. The van der Waals surface area contributed by atoms with E-state index < -0.39 is 10.0 Å². The van der Waals surface area contributed by atoms with E-state index >= 15 is 0 Å². The minimum Gasteiger partial charge on any atom is -0.341 e. The van der Waals surface area contributed by atoms with Crippen LogP contribution in [0.15, 0.2) is 23.1 Å². The van der Waals surface area contributed by atoms with Crippen molar-refractivity contribution in [1.82, 2.24) is 9.21 Å². The van der Waals surface area contributed by atoms with E-state index in [0.29, 0.717) is 31.1 Å². The van der Waals surface area contributed by atoms with Crippen LogP contribution in [0.2, 0.25) is 5.02 Å². The maximum atomic E-state index is 12.8. The number of hydrogen-bond donors (Lipinski definition) is 0. The Kier molecular flexibility index (Phi) is 7.50. The molecular weight excluding hydrogens is 372 g/mol. The molecule has 0 aromatic heterocycles. The molecule has 1 saturated carbocycles. The molecule has 1 amide bonds. The van der Waals surface area contributed by atoms with Crippen LogP contribution in [0.1, 0.15) is 56.3 Å². The number of sulfonamides is 1. The van der Waals surface area contributed by atoms with Crippen LogP contribution in [0.4, 0.5) is 0 Å². The third-order valence-electron chi connectivity index (χ3n) is 5.10. The minimum absolute atomic E-state index is 0.000201. The quantitative estimate of drug-likeness (QED) is 0.694. The van der Waals surface area contributed by atoms with Gasteiger partial charge in [-0.1, -0.05) is 44.7 Å². The summed E-state index contributed by atoms with van der Waals surface area (Å²) in [5.41, 5.74) is 0.360. The number of amides is 1. The first-order valence-electron chi connectivity index (χ1n) is 9.36. The molecule has 0 saturated heterocycles. The van der Waals surface area contributed by atoms with E-state index in [9.17, 15) is 13.2 Å². The molecule has 0 N–H and O–H groups in total. The molecule has 2 rings (SSSR count). The van der Waals surface area contributed by atoms with Crippen LogP contribution >= 0.6 is 11.6 Å². The zero-order chi connectivity index (χ0) is 19.3. The van der Waals surface area contributed by atoms with E-state index in [1.807, 2.05) is 0 Å². The summed E-state index contributed by atoms with van der Waals surface area (Å²) in [5.74, 6) is 0.368. The third kappa shape index (κ3) is 4.78. The van der Waals surface area contributed by atoms with Crippen LogP contribution in [-0.4, -0.2) is 50.2 Å². The Morgan fingerprint density at radius 2 is 1.77 bits per heavy atom. The van der Waals surface area contributed by atoms with Crippen molar-refractivity contribution in [2.24, 2.45) is 5.92 Å². The van der Waals surface area contributed by atoms with Gasteiger partial charge in [0, 0.05) is 32.2 Å². The first-order valence-corrected chi connectivity index (χ1v) is 11.2. The van der Waals surface area contributed by atoms with Crippen LogP contribution in [0.5, 0.6) is 0 Å². The maximum absolute atomic E-state index is 12.8. The van der Waals surface area contributed by atoms with Crippen molar-refractivity contribution < 1.29 is 13.2 Å². The van der Waals surface area contributed by atoms with Crippen LogP contribution < -0.4 is 0 Å². The smallest absolute Gasteiger partial charge is 0.253 e. The average Bonchev–Trinajstić information content (AvgIpc) is 2.63. The van der Waals surface area contributed by atoms with Crippen LogP contribution in [0.25, 0.3) is 0 Å². The van der Waals surface area contributed by atoms with Gasteiger partial charge >= 0.3 is 0 Å². The number of carbonyl (C=O) groups excluding carboxylic acids is 1. The van der Waals surface area contributed by atoms with E-state index in [4.69, 9.17) is 11.6 Å². The number of nitrogens with zero attached hydrogens (tertiary/aromatic N) is 2.